The van der Waals surface area contributed by atoms with Crippen LogP contribution >= 0.6 is 0 Å². The van der Waals surface area contributed by atoms with Gasteiger partial charge < -0.3 is 4.57 Å². The second kappa shape index (κ2) is 11.6. The first-order valence-electron chi connectivity index (χ1n) is 28.9. The lowest BCUT2D eigenvalue weighted by Gasteiger charge is -2.13. The molecule has 5 heteroatoms. The minimum absolute atomic E-state index is 0.147. The van der Waals surface area contributed by atoms with Crippen LogP contribution in [0.5, 0.6) is 0 Å². The molecule has 0 aliphatic carbocycles. The summed E-state index contributed by atoms with van der Waals surface area (Å²) in [7, 11) is 0. The predicted octanol–water partition coefficient (Wildman–Crippen LogP) is 11.4. The number of nitrogens with zero attached hydrogens (tertiary/aromatic N) is 5. The van der Waals surface area contributed by atoms with Crippen LogP contribution in [0.3, 0.4) is 0 Å². The highest BCUT2D eigenvalue weighted by atomic mass is 15.2. The van der Waals surface area contributed by atoms with Crippen molar-refractivity contribution < 1.29 is 38.4 Å². The maximum atomic E-state index is 9.67. The Morgan fingerprint density at radius 3 is 1.63 bits per heavy atom. The summed E-state index contributed by atoms with van der Waals surface area (Å²) < 4.78 is 251. The molecule has 0 saturated heterocycles. The second-order valence-electron chi connectivity index (χ2n) is 10.8. The van der Waals surface area contributed by atoms with E-state index < -0.39 is 253 Å². The minimum atomic E-state index is -1.06. The van der Waals surface area contributed by atoms with Crippen molar-refractivity contribution in [2.45, 2.75) is 6.92 Å². The van der Waals surface area contributed by atoms with Crippen molar-refractivity contribution in [2.24, 2.45) is 0 Å². The van der Waals surface area contributed by atoms with E-state index >= 15 is 0 Å². The molecule has 0 fully saturated rings. The number of para-hydroxylation sites is 2. The molecule has 10 aromatic rings. The van der Waals surface area contributed by atoms with Crippen molar-refractivity contribution in [1.82, 2.24) is 24.1 Å². The molecule has 5 nitrogen and oxygen atoms in total. The zero-order valence-electron chi connectivity index (χ0n) is 53.7. The van der Waals surface area contributed by atoms with E-state index in [1.807, 2.05) is 0 Å². The van der Waals surface area contributed by atoms with Crippen LogP contribution in [-0.2, 0) is 0 Å². The third kappa shape index (κ3) is 4.74. The molecule has 10 rings (SSSR count). The van der Waals surface area contributed by atoms with E-state index in [9.17, 15) is 16.4 Å². The Morgan fingerprint density at radius 2 is 0.922 bits per heavy atom. The maximum Gasteiger partial charge on any atom is 0.238 e. The van der Waals surface area contributed by atoms with Crippen molar-refractivity contribution in [3.63, 3.8) is 0 Å². The Hall–Kier alpha value is -6.85. The summed E-state index contributed by atoms with van der Waals surface area (Å²) in [4.78, 5) is 13.4. The van der Waals surface area contributed by atoms with Crippen LogP contribution in [0.2, 0.25) is 0 Å². The van der Waals surface area contributed by atoms with Crippen molar-refractivity contribution in [2.75, 3.05) is 0 Å². The first kappa shape index (κ1) is 12.5. The lowest BCUT2D eigenvalue weighted by atomic mass is 10.0. The van der Waals surface area contributed by atoms with Crippen LogP contribution in [0.15, 0.2) is 169 Å². The Balaban J connectivity index is 1.52. The molecule has 0 atom stereocenters. The highest BCUT2D eigenvalue weighted by Crippen LogP contribution is 2.41. The van der Waals surface area contributed by atoms with Gasteiger partial charge in [-0.2, -0.15) is 9.97 Å². The molecule has 0 spiro atoms. The summed E-state index contributed by atoms with van der Waals surface area (Å²) in [6, 6.07) is -25.0. The molecule has 0 bridgehead atoms. The molecule has 51 heavy (non-hydrogen) atoms. The quantitative estimate of drug-likeness (QED) is 0.182. The molecule has 240 valence electrons. The van der Waals surface area contributed by atoms with E-state index in [0.717, 1.165) is 9.13 Å². The Kier molecular flexibility index (Phi) is 2.85. The standard InChI is InChI=1S/C46H31N5/c1-30-21-28-41-39(29-30)38-27-26-37-36-19-11-12-20-40(36)51(43(37)42(38)50(41)35-17-9-4-10-18-35)46-48-44(33-15-7-3-8-16-33)47-45(49-46)34-24-22-32(23-25-34)31-13-5-2-6-14-31/h2-29H,1H3/i2D,3D,4D,5D,6D,7D,8D,9D,10D,11D,12D,13D,14D,15D,16D,17D,18D,19D,20D,21D,22D,23D,24D,25D,26D,27D,28D,29D. The highest BCUT2D eigenvalue weighted by Gasteiger charge is 2.23. The summed E-state index contributed by atoms with van der Waals surface area (Å²) in [5.41, 5.74) is -6.40. The Bertz CT molecular complexity index is 4430. The molecule has 0 amide bonds. The molecule has 0 aliphatic heterocycles. The van der Waals surface area contributed by atoms with Crippen molar-refractivity contribution >= 4 is 43.6 Å². The summed E-state index contributed by atoms with van der Waals surface area (Å²) in [5, 5.41) is -1.97. The van der Waals surface area contributed by atoms with E-state index in [4.69, 9.17) is 21.9 Å². The largest absolute Gasteiger partial charge is 0.307 e. The fourth-order valence-corrected chi connectivity index (χ4v) is 5.75. The van der Waals surface area contributed by atoms with Gasteiger partial charge in [-0.3, -0.25) is 4.57 Å². The number of aromatic nitrogens is 5. The molecule has 7 aromatic carbocycles. The van der Waals surface area contributed by atoms with Gasteiger partial charge in [-0.1, -0.05) is 145 Å². The number of fused-ring (bicyclic) bond motifs is 7. The van der Waals surface area contributed by atoms with Crippen molar-refractivity contribution in [1.29, 1.82) is 0 Å². The number of rotatable bonds is 5. The smallest absolute Gasteiger partial charge is 0.238 e. The van der Waals surface area contributed by atoms with Gasteiger partial charge in [0, 0.05) is 38.4 Å². The number of hydrogen-bond acceptors (Lipinski definition) is 3. The SMILES string of the molecule is [2H]c1c([2H])c([2H])c(-c2nc(-c3c([2H])c([2H])c(-c4c([2H])c([2H])c([2H])c([2H])c4[2H])c([2H])c3[2H])nc(-n3c4c([2H])c([2H])c([2H])c([2H])c4c4c([2H])c([2H])c5c6c([2H])c(C)c([2H])c([2H])c6n(-c6c([2H])c([2H])c([2H])c([2H])c6[2H])c5c43)n2)c([2H])c1[2H]. The molecule has 0 aliphatic rings. The zero-order chi connectivity index (χ0) is 58.3. The van der Waals surface area contributed by atoms with E-state index in [1.54, 1.807) is 0 Å². The average molecular weight is 682 g/mol. The van der Waals surface area contributed by atoms with Gasteiger partial charge in [0.25, 0.3) is 0 Å². The normalized spacial score (nSPS) is 19.3. The van der Waals surface area contributed by atoms with Crippen LogP contribution in [-0.4, -0.2) is 24.1 Å². The van der Waals surface area contributed by atoms with Gasteiger partial charge >= 0.3 is 0 Å². The van der Waals surface area contributed by atoms with Gasteiger partial charge in [-0.05, 0) is 48.3 Å². The first-order valence-corrected chi connectivity index (χ1v) is 14.9. The van der Waals surface area contributed by atoms with Crippen molar-refractivity contribution in [3.05, 3.63) is 175 Å². The van der Waals surface area contributed by atoms with Gasteiger partial charge in [0.05, 0.1) is 60.4 Å². The topological polar surface area (TPSA) is 48.5 Å². The van der Waals surface area contributed by atoms with Gasteiger partial charge in [-0.25, -0.2) is 4.98 Å². The summed E-state index contributed by atoms with van der Waals surface area (Å²) in [6.07, 6.45) is 0. The van der Waals surface area contributed by atoms with Crippen molar-refractivity contribution in [3.8, 4) is 45.5 Å². The van der Waals surface area contributed by atoms with E-state index in [1.165, 1.54) is 6.92 Å². The van der Waals surface area contributed by atoms with Gasteiger partial charge in [0.15, 0.2) is 11.6 Å². The van der Waals surface area contributed by atoms with Gasteiger partial charge in [0.1, 0.15) is 0 Å². The zero-order valence-corrected chi connectivity index (χ0v) is 25.7. The third-order valence-corrected chi connectivity index (χ3v) is 7.85. The third-order valence-electron chi connectivity index (χ3n) is 7.85. The van der Waals surface area contributed by atoms with Crippen LogP contribution < -0.4 is 0 Å². The second-order valence-corrected chi connectivity index (χ2v) is 10.8. The molecule has 0 unspecified atom stereocenters. The number of benzene rings is 7. The monoisotopic (exact) mass is 681 g/mol. The number of hydrogen-bond donors (Lipinski definition) is 0. The molecule has 0 radical (unpaired) electrons. The highest BCUT2D eigenvalue weighted by molar-refractivity contribution is 6.23. The summed E-state index contributed by atoms with van der Waals surface area (Å²) in [5.74, 6) is -2.77. The lowest BCUT2D eigenvalue weighted by molar-refractivity contribution is 0.953. The first-order chi connectivity index (χ1) is 36.9. The molecule has 3 aromatic heterocycles. The molecule has 3 heterocycles. The lowest BCUT2D eigenvalue weighted by Crippen LogP contribution is -2.07. The Labute approximate surface area is 334 Å². The van der Waals surface area contributed by atoms with E-state index in [2.05, 4.69) is 15.0 Å². The average Bonchev–Trinajstić information content (AvgIpc) is 2.88. The van der Waals surface area contributed by atoms with Crippen LogP contribution in [0.25, 0.3) is 89.2 Å². The fraction of sp³-hybridized carbons (Fsp3) is 0.0217. The molecular formula is C46H31N5. The van der Waals surface area contributed by atoms with E-state index in [-0.39, 0.29) is 10.9 Å². The predicted molar refractivity (Wildman–Crippen MR) is 210 cm³/mol. The summed E-state index contributed by atoms with van der Waals surface area (Å²) in [6.45, 7) is 1.30. The maximum absolute atomic E-state index is 9.67. The van der Waals surface area contributed by atoms with Crippen LogP contribution in [0, 0.1) is 6.92 Å². The van der Waals surface area contributed by atoms with Crippen LogP contribution in [0.1, 0.15) is 43.9 Å². The Morgan fingerprint density at radius 1 is 0.412 bits per heavy atom. The minimum Gasteiger partial charge on any atom is -0.307 e. The van der Waals surface area contributed by atoms with Gasteiger partial charge in [0.2, 0.25) is 5.95 Å². The molecule has 0 saturated carbocycles. The molecular weight excluding hydrogens is 623 g/mol. The summed E-state index contributed by atoms with van der Waals surface area (Å²) >= 11 is 0. The molecule has 0 N–H and O–H groups in total. The van der Waals surface area contributed by atoms with Crippen LogP contribution in [0.4, 0.5) is 0 Å². The van der Waals surface area contributed by atoms with E-state index in [0.29, 0.717) is 0 Å². The fourth-order valence-electron chi connectivity index (χ4n) is 5.75. The van der Waals surface area contributed by atoms with Gasteiger partial charge in [-0.15, -0.1) is 0 Å².